The highest BCUT2D eigenvalue weighted by Crippen LogP contribution is 2.22. The van der Waals surface area contributed by atoms with E-state index in [1.807, 2.05) is 65.3 Å². The van der Waals surface area contributed by atoms with Gasteiger partial charge >= 0.3 is 0 Å². The molecule has 0 fully saturated rings. The van der Waals surface area contributed by atoms with Crippen molar-refractivity contribution in [2.24, 2.45) is 0 Å². The second kappa shape index (κ2) is 7.36. The smallest absolute Gasteiger partial charge is 0.159 e. The molecule has 0 amide bonds. The van der Waals surface area contributed by atoms with Crippen molar-refractivity contribution < 1.29 is 8.81 Å². The van der Waals surface area contributed by atoms with Gasteiger partial charge in [0.15, 0.2) is 5.65 Å². The Bertz CT molecular complexity index is 1260. The van der Waals surface area contributed by atoms with Gasteiger partial charge in [-0.3, -0.25) is 0 Å². The van der Waals surface area contributed by atoms with E-state index in [0.29, 0.717) is 12.8 Å². The zero-order chi connectivity index (χ0) is 19.6. The molecule has 2 aromatic carbocycles. The van der Waals surface area contributed by atoms with Gasteiger partial charge in [0.2, 0.25) is 0 Å². The van der Waals surface area contributed by atoms with E-state index in [2.05, 4.69) is 0 Å². The first-order valence-corrected chi connectivity index (χ1v) is 9.44. The summed E-state index contributed by atoms with van der Waals surface area (Å²) in [6.07, 6.45) is 6.75. The van der Waals surface area contributed by atoms with Crippen molar-refractivity contribution in [3.05, 3.63) is 114 Å². The van der Waals surface area contributed by atoms with Gasteiger partial charge in [0, 0.05) is 30.8 Å². The third kappa shape index (κ3) is 3.67. The maximum Gasteiger partial charge on any atom is 0.159 e. The molecule has 5 aromatic rings. The lowest BCUT2D eigenvalue weighted by molar-refractivity contribution is 0.519. The van der Waals surface area contributed by atoms with Gasteiger partial charge in [-0.1, -0.05) is 42.5 Å². The Morgan fingerprint density at radius 3 is 2.55 bits per heavy atom. The number of hydrogen-bond donors (Lipinski definition) is 0. The van der Waals surface area contributed by atoms with Crippen molar-refractivity contribution in [1.82, 2.24) is 14.4 Å². The lowest BCUT2D eigenvalue weighted by Gasteiger charge is -2.08. The minimum atomic E-state index is -0.250. The van der Waals surface area contributed by atoms with Gasteiger partial charge in [-0.05, 0) is 29.8 Å². The molecule has 29 heavy (non-hydrogen) atoms. The predicted molar refractivity (Wildman–Crippen MR) is 109 cm³/mol. The number of fused-ring (bicyclic) bond motifs is 1. The third-order valence-corrected chi connectivity index (χ3v) is 4.82. The van der Waals surface area contributed by atoms with Crippen LogP contribution in [0.1, 0.15) is 22.7 Å². The van der Waals surface area contributed by atoms with Crippen LogP contribution in [0.5, 0.6) is 0 Å². The minimum absolute atomic E-state index is 0.250. The Labute approximate surface area is 167 Å². The molecule has 3 aromatic heterocycles. The monoisotopic (exact) mass is 383 g/mol. The molecule has 0 atom stereocenters. The highest BCUT2D eigenvalue weighted by atomic mass is 19.1. The molecule has 0 bridgehead atoms. The highest BCUT2D eigenvalue weighted by molar-refractivity contribution is 5.61. The molecule has 0 unspecified atom stereocenters. The standard InChI is InChI=1S/C24H18FN3O/c25-19-9-4-6-17(12-19)13-22-24-26-20(14-21-10-5-11-29-21)15-28(24)16-23(27-22)18-7-2-1-3-8-18/h1-12,15-16H,13-14H2. The lowest BCUT2D eigenvalue weighted by Crippen LogP contribution is -2.01. The highest BCUT2D eigenvalue weighted by Gasteiger charge is 2.13. The number of hydrogen-bond acceptors (Lipinski definition) is 3. The van der Waals surface area contributed by atoms with Gasteiger partial charge in [0.25, 0.3) is 0 Å². The predicted octanol–water partition coefficient (Wildman–Crippen LogP) is 5.31. The number of furan rings is 1. The number of nitrogens with zero attached hydrogens (tertiary/aromatic N) is 3. The summed E-state index contributed by atoms with van der Waals surface area (Å²) in [5, 5.41) is 0. The molecule has 0 radical (unpaired) electrons. The van der Waals surface area contributed by atoms with Crippen molar-refractivity contribution in [2.75, 3.05) is 0 Å². The van der Waals surface area contributed by atoms with Crippen molar-refractivity contribution in [3.8, 4) is 11.3 Å². The number of imidazole rings is 1. The molecule has 5 heteroatoms. The Balaban J connectivity index is 1.62. The van der Waals surface area contributed by atoms with Crippen LogP contribution in [0.3, 0.4) is 0 Å². The molecule has 0 aliphatic rings. The Morgan fingerprint density at radius 2 is 1.76 bits per heavy atom. The van der Waals surface area contributed by atoms with Crippen molar-refractivity contribution in [3.63, 3.8) is 0 Å². The molecular formula is C24H18FN3O. The molecular weight excluding hydrogens is 365 g/mol. The minimum Gasteiger partial charge on any atom is -0.469 e. The summed E-state index contributed by atoms with van der Waals surface area (Å²) in [5.41, 5.74) is 5.22. The largest absolute Gasteiger partial charge is 0.469 e. The maximum atomic E-state index is 13.7. The molecule has 0 saturated heterocycles. The second-order valence-corrected chi connectivity index (χ2v) is 6.96. The summed E-state index contributed by atoms with van der Waals surface area (Å²) in [7, 11) is 0. The van der Waals surface area contributed by atoms with Crippen molar-refractivity contribution in [1.29, 1.82) is 0 Å². The molecule has 0 N–H and O–H groups in total. The van der Waals surface area contributed by atoms with E-state index in [0.717, 1.165) is 39.6 Å². The quantitative estimate of drug-likeness (QED) is 0.413. The molecule has 3 heterocycles. The fraction of sp³-hybridized carbons (Fsp3) is 0.0833. The van der Waals surface area contributed by atoms with Crippen LogP contribution in [0.4, 0.5) is 4.39 Å². The number of halogens is 1. The molecule has 0 spiro atoms. The average molecular weight is 383 g/mol. The maximum absolute atomic E-state index is 13.7. The molecule has 0 aliphatic carbocycles. The number of aromatic nitrogens is 3. The summed E-state index contributed by atoms with van der Waals surface area (Å²) in [6.45, 7) is 0. The Hall–Kier alpha value is -3.73. The molecule has 142 valence electrons. The van der Waals surface area contributed by atoms with Gasteiger partial charge in [-0.2, -0.15) is 0 Å². The van der Waals surface area contributed by atoms with E-state index in [-0.39, 0.29) is 5.82 Å². The summed E-state index contributed by atoms with van der Waals surface area (Å²) >= 11 is 0. The number of benzene rings is 2. The SMILES string of the molecule is Fc1cccc(Cc2nc(-c3ccccc3)cn3cc(Cc4ccco4)nc23)c1. The van der Waals surface area contributed by atoms with Gasteiger partial charge < -0.3 is 8.82 Å². The Morgan fingerprint density at radius 1 is 0.862 bits per heavy atom. The van der Waals surface area contributed by atoms with Crippen LogP contribution in [0.25, 0.3) is 16.9 Å². The van der Waals surface area contributed by atoms with Crippen LogP contribution in [0, 0.1) is 5.82 Å². The summed E-state index contributed by atoms with van der Waals surface area (Å²) in [4.78, 5) is 9.66. The van der Waals surface area contributed by atoms with Gasteiger partial charge in [-0.25, -0.2) is 14.4 Å². The van der Waals surface area contributed by atoms with Crippen molar-refractivity contribution in [2.45, 2.75) is 12.8 Å². The van der Waals surface area contributed by atoms with E-state index in [1.165, 1.54) is 6.07 Å². The fourth-order valence-corrected chi connectivity index (χ4v) is 3.50. The van der Waals surface area contributed by atoms with E-state index in [4.69, 9.17) is 14.4 Å². The molecule has 0 aliphatic heterocycles. The van der Waals surface area contributed by atoms with Crippen LogP contribution < -0.4 is 0 Å². The van der Waals surface area contributed by atoms with E-state index >= 15 is 0 Å². The normalized spacial score (nSPS) is 11.2. The first kappa shape index (κ1) is 17.4. The van der Waals surface area contributed by atoms with E-state index in [1.54, 1.807) is 18.4 Å². The summed E-state index contributed by atoms with van der Waals surface area (Å²) < 4.78 is 21.2. The van der Waals surface area contributed by atoms with Gasteiger partial charge in [0.1, 0.15) is 11.6 Å². The Kier molecular flexibility index (Phi) is 4.41. The first-order valence-electron chi connectivity index (χ1n) is 9.44. The first-order chi connectivity index (χ1) is 14.2. The molecule has 5 rings (SSSR count). The third-order valence-electron chi connectivity index (χ3n) is 4.82. The molecule has 4 nitrogen and oxygen atoms in total. The van der Waals surface area contributed by atoms with Gasteiger partial charge in [0.05, 0.1) is 23.3 Å². The fourth-order valence-electron chi connectivity index (χ4n) is 3.50. The van der Waals surface area contributed by atoms with Crippen LogP contribution in [-0.2, 0) is 12.8 Å². The van der Waals surface area contributed by atoms with E-state index in [9.17, 15) is 4.39 Å². The van der Waals surface area contributed by atoms with Gasteiger partial charge in [-0.15, -0.1) is 0 Å². The second-order valence-electron chi connectivity index (χ2n) is 6.96. The average Bonchev–Trinajstić information content (AvgIpc) is 3.38. The zero-order valence-corrected chi connectivity index (χ0v) is 15.6. The number of rotatable bonds is 5. The van der Waals surface area contributed by atoms with Crippen LogP contribution >= 0.6 is 0 Å². The topological polar surface area (TPSA) is 43.3 Å². The van der Waals surface area contributed by atoms with Crippen LogP contribution in [0.15, 0.2) is 89.8 Å². The summed E-state index contributed by atoms with van der Waals surface area (Å²) in [6, 6.07) is 20.4. The summed E-state index contributed by atoms with van der Waals surface area (Å²) in [5.74, 6) is 0.607. The van der Waals surface area contributed by atoms with E-state index < -0.39 is 0 Å². The van der Waals surface area contributed by atoms with Crippen LogP contribution in [-0.4, -0.2) is 14.4 Å². The zero-order valence-electron chi connectivity index (χ0n) is 15.6. The lowest BCUT2D eigenvalue weighted by atomic mass is 10.1. The van der Waals surface area contributed by atoms with Crippen molar-refractivity contribution >= 4 is 5.65 Å². The van der Waals surface area contributed by atoms with Crippen LogP contribution in [0.2, 0.25) is 0 Å². The molecule has 0 saturated carbocycles.